The second-order valence-electron chi connectivity index (χ2n) is 3.88. The van der Waals surface area contributed by atoms with Crippen molar-refractivity contribution in [1.29, 1.82) is 0 Å². The van der Waals surface area contributed by atoms with Gasteiger partial charge >= 0.3 is 0 Å². The van der Waals surface area contributed by atoms with Crippen molar-refractivity contribution in [3.05, 3.63) is 41.9 Å². The monoisotopic (exact) mass is 248 g/mol. The van der Waals surface area contributed by atoms with Gasteiger partial charge in [0, 0.05) is 31.2 Å². The second-order valence-corrected chi connectivity index (χ2v) is 5.10. The van der Waals surface area contributed by atoms with E-state index < -0.39 is 0 Å². The predicted octanol–water partition coefficient (Wildman–Crippen LogP) is 1.92. The minimum atomic E-state index is 0.221. The second kappa shape index (κ2) is 5.33. The summed E-state index contributed by atoms with van der Waals surface area (Å²) in [4.78, 5) is 4.13. The maximum Gasteiger partial charge on any atom is 0.0945 e. The Morgan fingerprint density at radius 1 is 1.53 bits per heavy atom. The third kappa shape index (κ3) is 2.87. The third-order valence-corrected chi connectivity index (χ3v) is 3.87. The van der Waals surface area contributed by atoms with E-state index in [4.69, 9.17) is 5.73 Å². The first-order chi connectivity index (χ1) is 8.20. The third-order valence-electron chi connectivity index (χ3n) is 2.49. The fraction of sp³-hybridized carbons (Fsp3) is 0.333. The first-order valence-electron chi connectivity index (χ1n) is 5.48. The molecule has 4 nitrogen and oxygen atoms in total. The number of nitrogens with two attached hydrogens (primary N) is 1. The molecule has 1 atom stereocenters. The number of hydrogen-bond donors (Lipinski definition) is 1. The van der Waals surface area contributed by atoms with Gasteiger partial charge in [-0.05, 0) is 24.6 Å². The molecular formula is C12H16N4S. The van der Waals surface area contributed by atoms with Crippen LogP contribution >= 0.6 is 11.8 Å². The van der Waals surface area contributed by atoms with Gasteiger partial charge in [-0.3, -0.25) is 9.67 Å². The van der Waals surface area contributed by atoms with Crippen LogP contribution in [-0.2, 0) is 7.05 Å². The summed E-state index contributed by atoms with van der Waals surface area (Å²) in [5.74, 6) is 0. The van der Waals surface area contributed by atoms with Crippen molar-refractivity contribution in [1.82, 2.24) is 14.8 Å². The fourth-order valence-electron chi connectivity index (χ4n) is 1.66. The van der Waals surface area contributed by atoms with Crippen molar-refractivity contribution in [2.75, 3.05) is 6.54 Å². The van der Waals surface area contributed by atoms with Crippen LogP contribution < -0.4 is 5.73 Å². The molecule has 0 amide bonds. The molecule has 2 N–H and O–H groups in total. The van der Waals surface area contributed by atoms with Gasteiger partial charge in [0.15, 0.2) is 0 Å². The average molecular weight is 248 g/mol. The molecular weight excluding hydrogens is 232 g/mol. The Morgan fingerprint density at radius 2 is 2.35 bits per heavy atom. The van der Waals surface area contributed by atoms with Crippen molar-refractivity contribution >= 4 is 11.8 Å². The van der Waals surface area contributed by atoms with E-state index in [-0.39, 0.29) is 5.25 Å². The first-order valence-corrected chi connectivity index (χ1v) is 6.36. The maximum absolute atomic E-state index is 5.83. The Balaban J connectivity index is 2.18. The van der Waals surface area contributed by atoms with Crippen LogP contribution in [0.3, 0.4) is 0 Å². The number of aromatic nitrogens is 3. The highest BCUT2D eigenvalue weighted by atomic mass is 32.2. The van der Waals surface area contributed by atoms with E-state index in [9.17, 15) is 0 Å². The van der Waals surface area contributed by atoms with E-state index in [1.165, 1.54) is 0 Å². The van der Waals surface area contributed by atoms with Crippen LogP contribution in [0.4, 0.5) is 0 Å². The Kier molecular flexibility index (Phi) is 3.81. The molecule has 0 saturated heterocycles. The summed E-state index contributed by atoms with van der Waals surface area (Å²) in [6.07, 6.45) is 3.64. The Labute approximate surface area is 105 Å². The molecule has 2 aromatic rings. The molecule has 2 aromatic heterocycles. The van der Waals surface area contributed by atoms with Crippen LogP contribution in [0.5, 0.6) is 0 Å². The zero-order valence-electron chi connectivity index (χ0n) is 10.00. The van der Waals surface area contributed by atoms with E-state index >= 15 is 0 Å². The molecule has 0 spiro atoms. The van der Waals surface area contributed by atoms with Gasteiger partial charge in [-0.15, -0.1) is 0 Å². The van der Waals surface area contributed by atoms with Crippen LogP contribution in [0.1, 0.15) is 16.5 Å². The standard InChI is InChI=1S/C12H16N4S/c1-9-6-12(16(2)15-9)17-11(7-13)10-4-3-5-14-8-10/h3-6,8,11H,7,13H2,1-2H3. The summed E-state index contributed by atoms with van der Waals surface area (Å²) in [7, 11) is 1.95. The fourth-order valence-corrected chi connectivity index (χ4v) is 2.76. The molecule has 2 heterocycles. The molecule has 0 radical (unpaired) electrons. The lowest BCUT2D eigenvalue weighted by Gasteiger charge is -2.13. The highest BCUT2D eigenvalue weighted by Crippen LogP contribution is 2.33. The van der Waals surface area contributed by atoms with Gasteiger partial charge < -0.3 is 5.73 Å². The molecule has 17 heavy (non-hydrogen) atoms. The summed E-state index contributed by atoms with van der Waals surface area (Å²) in [6, 6.07) is 6.07. The van der Waals surface area contributed by atoms with Crippen LogP contribution in [0, 0.1) is 6.92 Å². The molecule has 0 aliphatic rings. The van der Waals surface area contributed by atoms with Crippen molar-refractivity contribution in [2.24, 2.45) is 12.8 Å². The van der Waals surface area contributed by atoms with E-state index in [2.05, 4.69) is 22.2 Å². The summed E-state index contributed by atoms with van der Waals surface area (Å²) in [6.45, 7) is 2.58. The van der Waals surface area contributed by atoms with Gasteiger partial charge in [0.25, 0.3) is 0 Å². The van der Waals surface area contributed by atoms with Gasteiger partial charge in [-0.25, -0.2) is 0 Å². The number of aryl methyl sites for hydroxylation is 2. The highest BCUT2D eigenvalue weighted by Gasteiger charge is 2.14. The quantitative estimate of drug-likeness (QED) is 0.840. The van der Waals surface area contributed by atoms with Gasteiger partial charge in [-0.1, -0.05) is 17.8 Å². The highest BCUT2D eigenvalue weighted by molar-refractivity contribution is 7.99. The van der Waals surface area contributed by atoms with Gasteiger partial charge in [0.05, 0.1) is 10.7 Å². The molecule has 5 heteroatoms. The van der Waals surface area contributed by atoms with Crippen molar-refractivity contribution in [3.63, 3.8) is 0 Å². The van der Waals surface area contributed by atoms with E-state index in [1.807, 2.05) is 30.9 Å². The maximum atomic E-state index is 5.83. The van der Waals surface area contributed by atoms with E-state index in [0.29, 0.717) is 6.54 Å². The average Bonchev–Trinajstić information content (AvgIpc) is 2.66. The number of hydrogen-bond acceptors (Lipinski definition) is 4. The lowest BCUT2D eigenvalue weighted by molar-refractivity contribution is 0.690. The van der Waals surface area contributed by atoms with E-state index in [0.717, 1.165) is 16.3 Å². The van der Waals surface area contributed by atoms with E-state index in [1.54, 1.807) is 18.0 Å². The van der Waals surface area contributed by atoms with Crippen LogP contribution in [0.15, 0.2) is 35.6 Å². The van der Waals surface area contributed by atoms with Crippen LogP contribution in [0.2, 0.25) is 0 Å². The lowest BCUT2D eigenvalue weighted by Crippen LogP contribution is -2.10. The molecule has 0 saturated carbocycles. The molecule has 0 aliphatic heterocycles. The first kappa shape index (κ1) is 12.1. The number of nitrogens with zero attached hydrogens (tertiary/aromatic N) is 3. The van der Waals surface area contributed by atoms with Gasteiger partial charge in [-0.2, -0.15) is 5.10 Å². The number of thioether (sulfide) groups is 1. The normalized spacial score (nSPS) is 12.6. The summed E-state index contributed by atoms with van der Waals surface area (Å²) in [5, 5.41) is 5.68. The molecule has 2 rings (SSSR count). The van der Waals surface area contributed by atoms with Gasteiger partial charge in [0.2, 0.25) is 0 Å². The zero-order valence-corrected chi connectivity index (χ0v) is 10.8. The van der Waals surface area contributed by atoms with Crippen molar-refractivity contribution in [3.8, 4) is 0 Å². The molecule has 0 fully saturated rings. The topological polar surface area (TPSA) is 56.7 Å². The Hall–Kier alpha value is -1.33. The molecule has 0 bridgehead atoms. The molecule has 90 valence electrons. The minimum absolute atomic E-state index is 0.221. The smallest absolute Gasteiger partial charge is 0.0945 e. The summed E-state index contributed by atoms with van der Waals surface area (Å²) in [5.41, 5.74) is 8.01. The Morgan fingerprint density at radius 3 is 2.88 bits per heavy atom. The predicted molar refractivity (Wildman–Crippen MR) is 69.8 cm³/mol. The van der Waals surface area contributed by atoms with Crippen molar-refractivity contribution in [2.45, 2.75) is 17.2 Å². The SMILES string of the molecule is Cc1cc(SC(CN)c2cccnc2)n(C)n1. The number of pyridine rings is 1. The van der Waals surface area contributed by atoms with Crippen LogP contribution in [0.25, 0.3) is 0 Å². The van der Waals surface area contributed by atoms with Gasteiger partial charge in [0.1, 0.15) is 0 Å². The largest absolute Gasteiger partial charge is 0.329 e. The molecule has 0 aliphatic carbocycles. The van der Waals surface area contributed by atoms with Crippen molar-refractivity contribution < 1.29 is 0 Å². The Bertz CT molecular complexity index is 481. The zero-order chi connectivity index (χ0) is 12.3. The lowest BCUT2D eigenvalue weighted by atomic mass is 10.2. The van der Waals surface area contributed by atoms with Crippen LogP contribution in [-0.4, -0.2) is 21.3 Å². The number of rotatable bonds is 4. The molecule has 0 aromatic carbocycles. The minimum Gasteiger partial charge on any atom is -0.329 e. The summed E-state index contributed by atoms with van der Waals surface area (Å²) >= 11 is 1.72. The summed E-state index contributed by atoms with van der Waals surface area (Å²) < 4.78 is 1.89. The molecule has 1 unspecified atom stereocenters.